The topological polar surface area (TPSA) is 67.8 Å². The smallest absolute Gasteiger partial charge is 0.326 e. The number of benzene rings is 2. The van der Waals surface area contributed by atoms with E-state index in [1.54, 1.807) is 24.3 Å². The van der Waals surface area contributed by atoms with Gasteiger partial charge in [0.25, 0.3) is 0 Å². The van der Waals surface area contributed by atoms with Gasteiger partial charge in [-0.1, -0.05) is 59.6 Å². The van der Waals surface area contributed by atoms with E-state index >= 15 is 0 Å². The molecule has 2 aromatic carbocycles. The van der Waals surface area contributed by atoms with E-state index in [0.717, 1.165) is 34.3 Å². The van der Waals surface area contributed by atoms with Gasteiger partial charge in [0.1, 0.15) is 0 Å². The van der Waals surface area contributed by atoms with Crippen LogP contribution in [-0.2, 0) is 9.63 Å². The molecular weight excluding hydrogens is 456 g/mol. The van der Waals surface area contributed by atoms with Gasteiger partial charge in [0.15, 0.2) is 0 Å². The van der Waals surface area contributed by atoms with Gasteiger partial charge in [-0.15, -0.1) is 0 Å². The van der Waals surface area contributed by atoms with Gasteiger partial charge in [0.2, 0.25) is 5.91 Å². The Kier molecular flexibility index (Phi) is 5.32. The van der Waals surface area contributed by atoms with Crippen molar-refractivity contribution in [1.82, 2.24) is 0 Å². The summed E-state index contributed by atoms with van der Waals surface area (Å²) in [7, 11) is 0. The van der Waals surface area contributed by atoms with Gasteiger partial charge in [0.05, 0.1) is 16.7 Å². The highest BCUT2D eigenvalue weighted by molar-refractivity contribution is 9.10. The number of carbonyl (C=O) groups excluding carboxylic acids is 2. The first-order valence-corrected chi connectivity index (χ1v) is 11.3. The Hall–Kier alpha value is -2.47. The van der Waals surface area contributed by atoms with Gasteiger partial charge in [-0.2, -0.15) is 0 Å². The van der Waals surface area contributed by atoms with Crippen LogP contribution in [0.1, 0.15) is 56.0 Å². The molecule has 2 aromatic rings. The number of aryl methyl sites for hydroxylation is 1. The predicted molar refractivity (Wildman–Crippen MR) is 125 cm³/mol. The van der Waals surface area contributed by atoms with E-state index in [0.29, 0.717) is 12.0 Å². The summed E-state index contributed by atoms with van der Waals surface area (Å²) in [5, 5.41) is 7.41. The van der Waals surface area contributed by atoms with E-state index in [9.17, 15) is 9.59 Å². The summed E-state index contributed by atoms with van der Waals surface area (Å²) in [4.78, 5) is 31.3. The third-order valence-corrected chi connectivity index (χ3v) is 8.33. The maximum atomic E-state index is 13.5. The molecule has 0 spiro atoms. The summed E-state index contributed by atoms with van der Waals surface area (Å²) in [6.45, 7) is 8.42. The minimum absolute atomic E-state index is 0.00881. The highest BCUT2D eigenvalue weighted by atomic mass is 79.9. The van der Waals surface area contributed by atoms with Crippen molar-refractivity contribution in [3.05, 3.63) is 64.1 Å². The van der Waals surface area contributed by atoms with Crippen molar-refractivity contribution in [1.29, 1.82) is 0 Å². The Morgan fingerprint density at radius 2 is 1.65 bits per heavy atom. The molecule has 6 heteroatoms. The van der Waals surface area contributed by atoms with E-state index in [-0.39, 0.29) is 16.7 Å². The molecule has 0 saturated heterocycles. The summed E-state index contributed by atoms with van der Waals surface area (Å²) in [5.41, 5.74) is 1.94. The second-order valence-electron chi connectivity index (χ2n) is 9.46. The lowest BCUT2D eigenvalue weighted by atomic mass is 9.64. The lowest BCUT2D eigenvalue weighted by Gasteiger charge is -2.39. The summed E-state index contributed by atoms with van der Waals surface area (Å²) in [5.74, 6) is -0.489. The van der Waals surface area contributed by atoms with Crippen LogP contribution in [0.15, 0.2) is 58.2 Å². The molecule has 2 aliphatic rings. The summed E-state index contributed by atoms with van der Waals surface area (Å²) in [6, 6.07) is 14.8. The SMILES string of the molecule is Cc1ccc(NC(=O)C23CCC(C)(C(=NOC(=O)c4ccc(Br)cc4)C2)C3(C)C)cc1. The molecule has 2 fully saturated rings. The molecule has 1 N–H and O–H groups in total. The predicted octanol–water partition coefficient (Wildman–Crippen LogP) is 6.13. The maximum Gasteiger partial charge on any atom is 0.365 e. The van der Waals surface area contributed by atoms with Gasteiger partial charge >= 0.3 is 5.97 Å². The van der Waals surface area contributed by atoms with Gasteiger partial charge in [-0.25, -0.2) is 4.79 Å². The average Bonchev–Trinajstić information content (AvgIpc) is 3.05. The van der Waals surface area contributed by atoms with Gasteiger partial charge in [0, 0.05) is 22.0 Å². The number of oxime groups is 1. The minimum atomic E-state index is -0.588. The number of hydrogen-bond acceptors (Lipinski definition) is 4. The first-order chi connectivity index (χ1) is 14.6. The normalized spacial score (nSPS) is 27.3. The zero-order valence-electron chi connectivity index (χ0n) is 18.3. The van der Waals surface area contributed by atoms with Crippen LogP contribution < -0.4 is 5.32 Å². The highest BCUT2D eigenvalue weighted by Crippen LogP contribution is 2.71. The van der Waals surface area contributed by atoms with Gasteiger partial charge in [-0.05, 0) is 61.6 Å². The quantitative estimate of drug-likeness (QED) is 0.421. The molecule has 2 aliphatic carbocycles. The second-order valence-corrected chi connectivity index (χ2v) is 10.4. The van der Waals surface area contributed by atoms with Crippen LogP contribution >= 0.6 is 15.9 Å². The number of amides is 1. The molecule has 0 aromatic heterocycles. The molecule has 2 saturated carbocycles. The Morgan fingerprint density at radius 1 is 1.00 bits per heavy atom. The van der Waals surface area contributed by atoms with Crippen LogP contribution in [0.3, 0.4) is 0 Å². The lowest BCUT2D eigenvalue weighted by Crippen LogP contribution is -2.43. The van der Waals surface area contributed by atoms with Crippen LogP contribution in [0, 0.1) is 23.2 Å². The fourth-order valence-corrected chi connectivity index (χ4v) is 5.41. The lowest BCUT2D eigenvalue weighted by molar-refractivity contribution is -0.130. The van der Waals surface area contributed by atoms with Crippen molar-refractivity contribution in [3.63, 3.8) is 0 Å². The van der Waals surface area contributed by atoms with Crippen molar-refractivity contribution in [2.45, 2.75) is 47.0 Å². The van der Waals surface area contributed by atoms with Crippen LogP contribution in [0.5, 0.6) is 0 Å². The van der Waals surface area contributed by atoms with Gasteiger partial charge in [-0.3, -0.25) is 4.79 Å². The fraction of sp³-hybridized carbons (Fsp3) is 0.400. The molecular formula is C25H27BrN2O3. The molecule has 0 radical (unpaired) electrons. The number of fused-ring (bicyclic) bond motifs is 2. The van der Waals surface area contributed by atoms with Crippen molar-refractivity contribution in [2.75, 3.05) is 5.32 Å². The van der Waals surface area contributed by atoms with Crippen LogP contribution in [-0.4, -0.2) is 17.6 Å². The van der Waals surface area contributed by atoms with E-state index in [2.05, 4.69) is 47.2 Å². The first kappa shape index (κ1) is 21.8. The van der Waals surface area contributed by atoms with E-state index in [1.165, 1.54) is 0 Å². The van der Waals surface area contributed by atoms with E-state index < -0.39 is 11.4 Å². The molecule has 2 bridgehead atoms. The summed E-state index contributed by atoms with van der Waals surface area (Å²) in [6.07, 6.45) is 2.10. The maximum absolute atomic E-state index is 13.5. The molecule has 162 valence electrons. The number of carbonyl (C=O) groups is 2. The molecule has 0 heterocycles. The standard InChI is InChI=1S/C25H27BrN2O3/c1-16-5-11-19(12-6-16)27-22(30)25-14-13-24(4,23(25,2)3)20(15-25)28-31-21(29)17-7-9-18(26)10-8-17/h5-12H,13-15H2,1-4H3,(H,27,30). The summed E-state index contributed by atoms with van der Waals surface area (Å²) >= 11 is 3.36. The van der Waals surface area contributed by atoms with Crippen LogP contribution in [0.4, 0.5) is 5.69 Å². The first-order valence-electron chi connectivity index (χ1n) is 10.5. The number of rotatable bonds is 4. The monoisotopic (exact) mass is 482 g/mol. The molecule has 5 nitrogen and oxygen atoms in total. The van der Waals surface area contributed by atoms with Crippen LogP contribution in [0.2, 0.25) is 0 Å². The zero-order chi connectivity index (χ0) is 22.4. The number of nitrogens with zero attached hydrogens (tertiary/aromatic N) is 1. The Bertz CT molecular complexity index is 1060. The largest absolute Gasteiger partial charge is 0.365 e. The Morgan fingerprint density at radius 3 is 2.29 bits per heavy atom. The molecule has 31 heavy (non-hydrogen) atoms. The molecule has 0 aliphatic heterocycles. The van der Waals surface area contributed by atoms with Crippen LogP contribution in [0.25, 0.3) is 0 Å². The second kappa shape index (κ2) is 7.59. The minimum Gasteiger partial charge on any atom is -0.326 e. The number of nitrogens with one attached hydrogen (secondary N) is 1. The number of anilines is 1. The molecule has 2 atom stereocenters. The Balaban J connectivity index is 1.57. The van der Waals surface area contributed by atoms with E-state index in [1.807, 2.05) is 31.2 Å². The summed E-state index contributed by atoms with van der Waals surface area (Å²) < 4.78 is 0.888. The average molecular weight is 483 g/mol. The van der Waals surface area contributed by atoms with Crippen molar-refractivity contribution in [3.8, 4) is 0 Å². The molecule has 4 rings (SSSR count). The highest BCUT2D eigenvalue weighted by Gasteiger charge is 2.71. The zero-order valence-corrected chi connectivity index (χ0v) is 19.9. The number of hydrogen-bond donors (Lipinski definition) is 1. The van der Waals surface area contributed by atoms with Crippen molar-refractivity contribution >= 4 is 39.2 Å². The van der Waals surface area contributed by atoms with Gasteiger partial charge < -0.3 is 10.2 Å². The van der Waals surface area contributed by atoms with Crippen molar-refractivity contribution < 1.29 is 14.4 Å². The third-order valence-electron chi connectivity index (χ3n) is 7.80. The number of halogens is 1. The van der Waals surface area contributed by atoms with E-state index in [4.69, 9.17) is 4.84 Å². The van der Waals surface area contributed by atoms with Crippen molar-refractivity contribution in [2.24, 2.45) is 21.4 Å². The molecule has 2 unspecified atom stereocenters. The molecule has 1 amide bonds. The third kappa shape index (κ3) is 3.41. The fourth-order valence-electron chi connectivity index (χ4n) is 5.15. The Labute approximate surface area is 191 Å².